The third-order valence-electron chi connectivity index (χ3n) is 3.21. The van der Waals surface area contributed by atoms with Gasteiger partial charge in [0.25, 0.3) is 0 Å². The maximum atomic E-state index is 11.1. The van der Waals surface area contributed by atoms with E-state index in [0.717, 1.165) is 0 Å². The van der Waals surface area contributed by atoms with Crippen LogP contribution in [-0.4, -0.2) is 47.3 Å². The maximum absolute atomic E-state index is 11.1. The number of anilines is 1. The van der Waals surface area contributed by atoms with Gasteiger partial charge in [-0.1, -0.05) is 11.6 Å². The molecule has 2 heterocycles. The molecule has 1 N–H and O–H groups in total. The second kappa shape index (κ2) is 5.59. The molecule has 0 aliphatic carbocycles. The Balaban J connectivity index is 2.36. The second-order valence-electron chi connectivity index (χ2n) is 4.41. The van der Waals surface area contributed by atoms with Crippen LogP contribution in [0.4, 0.5) is 11.5 Å². The molecular weight excluding hydrogens is 290 g/mol. The van der Waals surface area contributed by atoms with Crippen molar-refractivity contribution in [3.8, 4) is 0 Å². The van der Waals surface area contributed by atoms with Crippen molar-refractivity contribution in [1.82, 2.24) is 4.98 Å². The van der Waals surface area contributed by atoms with Crippen molar-refractivity contribution in [3.63, 3.8) is 0 Å². The van der Waals surface area contributed by atoms with Crippen molar-refractivity contribution in [1.29, 1.82) is 0 Å². The molecule has 0 bridgehead atoms. The van der Waals surface area contributed by atoms with E-state index < -0.39 is 22.9 Å². The van der Waals surface area contributed by atoms with Crippen LogP contribution in [0.3, 0.4) is 0 Å². The summed E-state index contributed by atoms with van der Waals surface area (Å²) < 4.78 is 5.15. The first kappa shape index (κ1) is 14.5. The predicted octanol–water partition coefficient (Wildman–Crippen LogP) is 1.18. The number of halogens is 1. The number of hydrogen-bond acceptors (Lipinski definition) is 6. The number of nitrogens with zero attached hydrogens (tertiary/aromatic N) is 3. The predicted molar refractivity (Wildman–Crippen MR) is 70.0 cm³/mol. The fourth-order valence-electron chi connectivity index (χ4n) is 2.15. The van der Waals surface area contributed by atoms with Gasteiger partial charge in [0.15, 0.2) is 0 Å². The zero-order valence-corrected chi connectivity index (χ0v) is 11.3. The lowest BCUT2D eigenvalue weighted by molar-refractivity contribution is -0.384. The molecule has 1 aromatic rings. The molecule has 2 unspecified atom stereocenters. The molecule has 20 heavy (non-hydrogen) atoms. The Morgan fingerprint density at radius 1 is 1.65 bits per heavy atom. The highest BCUT2D eigenvalue weighted by atomic mass is 35.5. The zero-order valence-electron chi connectivity index (χ0n) is 10.5. The number of pyridine rings is 1. The smallest absolute Gasteiger partial charge is 0.313 e. The fraction of sp³-hybridized carbons (Fsp3) is 0.455. The standard InChI is InChI=1S/C11H12ClN3O5/c1-14(9-5-20-4-7(9)11(16)17)10-8(15(18)19)2-6(12)3-13-10/h2-3,7,9H,4-5H2,1H3,(H,16,17). The Morgan fingerprint density at radius 3 is 2.95 bits per heavy atom. The lowest BCUT2D eigenvalue weighted by Gasteiger charge is -2.26. The number of aliphatic carboxylic acids is 1. The van der Waals surface area contributed by atoms with E-state index in [1.807, 2.05) is 0 Å². The Morgan fingerprint density at radius 2 is 2.35 bits per heavy atom. The van der Waals surface area contributed by atoms with Crippen LogP contribution in [0.2, 0.25) is 5.02 Å². The van der Waals surface area contributed by atoms with Crippen molar-refractivity contribution in [2.75, 3.05) is 25.2 Å². The van der Waals surface area contributed by atoms with E-state index in [9.17, 15) is 14.9 Å². The molecule has 2 atom stereocenters. The second-order valence-corrected chi connectivity index (χ2v) is 4.85. The summed E-state index contributed by atoms with van der Waals surface area (Å²) in [6.45, 7) is 0.251. The minimum atomic E-state index is -1.00. The maximum Gasteiger partial charge on any atom is 0.313 e. The first-order valence-electron chi connectivity index (χ1n) is 5.75. The summed E-state index contributed by atoms with van der Waals surface area (Å²) in [6, 6.07) is 0.672. The number of carboxylic acid groups (broad SMARTS) is 1. The molecule has 0 radical (unpaired) electrons. The minimum absolute atomic E-state index is 0.0705. The van der Waals surface area contributed by atoms with E-state index in [2.05, 4.69) is 4.98 Å². The van der Waals surface area contributed by atoms with Gasteiger partial charge in [-0.25, -0.2) is 4.98 Å². The van der Waals surface area contributed by atoms with E-state index in [1.54, 1.807) is 7.05 Å². The molecule has 1 aliphatic rings. The molecule has 8 nitrogen and oxygen atoms in total. The third-order valence-corrected chi connectivity index (χ3v) is 3.42. The van der Waals surface area contributed by atoms with Crippen molar-refractivity contribution >= 4 is 29.1 Å². The normalized spacial score (nSPS) is 21.7. The van der Waals surface area contributed by atoms with Crippen molar-refractivity contribution in [2.24, 2.45) is 5.92 Å². The van der Waals surface area contributed by atoms with E-state index in [1.165, 1.54) is 17.2 Å². The number of rotatable bonds is 4. The molecule has 0 amide bonds. The number of ether oxygens (including phenoxy) is 1. The quantitative estimate of drug-likeness (QED) is 0.657. The molecule has 0 saturated carbocycles. The molecule has 1 saturated heterocycles. The highest BCUT2D eigenvalue weighted by Gasteiger charge is 2.39. The Hall–Kier alpha value is -1.93. The largest absolute Gasteiger partial charge is 0.481 e. The monoisotopic (exact) mass is 301 g/mol. The molecule has 1 fully saturated rings. The van der Waals surface area contributed by atoms with E-state index in [0.29, 0.717) is 0 Å². The van der Waals surface area contributed by atoms with E-state index in [-0.39, 0.29) is 29.7 Å². The van der Waals surface area contributed by atoms with Gasteiger partial charge in [-0.15, -0.1) is 0 Å². The average molecular weight is 302 g/mol. The SMILES string of the molecule is CN(c1ncc(Cl)cc1[N+](=O)[O-])C1COCC1C(=O)O. The van der Waals surface area contributed by atoms with Crippen LogP contribution < -0.4 is 4.90 Å². The zero-order chi connectivity index (χ0) is 14.9. The van der Waals surface area contributed by atoms with Crippen LogP contribution in [0, 0.1) is 16.0 Å². The fourth-order valence-corrected chi connectivity index (χ4v) is 2.30. The summed E-state index contributed by atoms with van der Waals surface area (Å²) in [7, 11) is 1.55. The van der Waals surface area contributed by atoms with Crippen LogP contribution in [0.1, 0.15) is 0 Å². The van der Waals surface area contributed by atoms with Gasteiger partial charge in [0.1, 0.15) is 5.92 Å². The number of nitro groups is 1. The number of aromatic nitrogens is 1. The summed E-state index contributed by atoms with van der Waals surface area (Å²) in [6.07, 6.45) is 1.28. The van der Waals surface area contributed by atoms with Gasteiger partial charge in [0, 0.05) is 19.3 Å². The topological polar surface area (TPSA) is 106 Å². The molecule has 0 spiro atoms. The highest BCUT2D eigenvalue weighted by Crippen LogP contribution is 2.31. The van der Waals surface area contributed by atoms with Crippen LogP contribution in [0.5, 0.6) is 0 Å². The Labute approximate surface area is 119 Å². The minimum Gasteiger partial charge on any atom is -0.481 e. The van der Waals surface area contributed by atoms with Gasteiger partial charge in [-0.2, -0.15) is 0 Å². The van der Waals surface area contributed by atoms with E-state index >= 15 is 0 Å². The lowest BCUT2D eigenvalue weighted by Crippen LogP contribution is -2.41. The van der Waals surface area contributed by atoms with Gasteiger partial charge in [0.05, 0.1) is 29.2 Å². The van der Waals surface area contributed by atoms with Crippen molar-refractivity contribution in [3.05, 3.63) is 27.4 Å². The summed E-state index contributed by atoms with van der Waals surface area (Å²) in [4.78, 5) is 27.0. The molecule has 1 aromatic heterocycles. The number of carbonyl (C=O) groups is 1. The van der Waals surface area contributed by atoms with E-state index in [4.69, 9.17) is 21.4 Å². The lowest BCUT2D eigenvalue weighted by atomic mass is 10.0. The number of carboxylic acids is 1. The summed E-state index contributed by atoms with van der Waals surface area (Å²) in [5.74, 6) is -1.69. The Kier molecular flexibility index (Phi) is 4.05. The molecule has 2 rings (SSSR count). The molecule has 108 valence electrons. The van der Waals surface area contributed by atoms with Crippen LogP contribution in [0.15, 0.2) is 12.3 Å². The molecule has 1 aliphatic heterocycles. The molecule has 9 heteroatoms. The third kappa shape index (κ3) is 2.66. The van der Waals surface area contributed by atoms with Gasteiger partial charge < -0.3 is 14.7 Å². The van der Waals surface area contributed by atoms with Crippen LogP contribution in [-0.2, 0) is 9.53 Å². The summed E-state index contributed by atoms with van der Waals surface area (Å²) in [5, 5.41) is 20.3. The Bertz CT molecular complexity index is 553. The summed E-state index contributed by atoms with van der Waals surface area (Å²) >= 11 is 5.70. The first-order chi connectivity index (χ1) is 9.41. The number of hydrogen-bond donors (Lipinski definition) is 1. The summed E-state index contributed by atoms with van der Waals surface area (Å²) in [5.41, 5.74) is -0.268. The van der Waals surface area contributed by atoms with Gasteiger partial charge in [-0.3, -0.25) is 14.9 Å². The van der Waals surface area contributed by atoms with Crippen LogP contribution in [0.25, 0.3) is 0 Å². The number of likely N-dealkylation sites (N-methyl/N-ethyl adjacent to an activating group) is 1. The molecule has 0 aromatic carbocycles. The van der Waals surface area contributed by atoms with Gasteiger partial charge in [-0.05, 0) is 0 Å². The van der Waals surface area contributed by atoms with Crippen molar-refractivity contribution < 1.29 is 19.6 Å². The highest BCUT2D eigenvalue weighted by molar-refractivity contribution is 6.30. The first-order valence-corrected chi connectivity index (χ1v) is 6.13. The molecular formula is C11H12ClN3O5. The van der Waals surface area contributed by atoms with Gasteiger partial charge in [0.2, 0.25) is 5.82 Å². The average Bonchev–Trinajstić information content (AvgIpc) is 2.87. The van der Waals surface area contributed by atoms with Crippen LogP contribution >= 0.6 is 11.6 Å². The van der Waals surface area contributed by atoms with Gasteiger partial charge >= 0.3 is 11.7 Å². The van der Waals surface area contributed by atoms with Crippen molar-refractivity contribution in [2.45, 2.75) is 6.04 Å².